The molecule has 0 aliphatic rings. The number of nitriles is 1. The predicted octanol–water partition coefficient (Wildman–Crippen LogP) is 2.29. The normalized spacial score (nSPS) is 10.8. The van der Waals surface area contributed by atoms with Crippen molar-refractivity contribution in [3.05, 3.63) is 23.8 Å². The van der Waals surface area contributed by atoms with Gasteiger partial charge >= 0.3 is 0 Å². The van der Waals surface area contributed by atoms with E-state index in [4.69, 9.17) is 25.4 Å². The molecule has 0 spiro atoms. The minimum absolute atomic E-state index is 0.0700. The van der Waals surface area contributed by atoms with Crippen molar-refractivity contribution in [2.75, 3.05) is 19.5 Å². The number of unbranched alkanes of at least 4 members (excludes halogenated alkanes) is 1. The standard InChI is InChI=1S/C12H14ClNO4S/c1-17-11-6-10(9-14)7-12(8-11)18-4-2-3-5-19(13,15)16/h6-8H,2-5H2,1H3. The summed E-state index contributed by atoms with van der Waals surface area (Å²) in [5.41, 5.74) is 0.442. The van der Waals surface area contributed by atoms with Crippen molar-refractivity contribution in [2.45, 2.75) is 12.8 Å². The minimum atomic E-state index is -3.44. The molecular weight excluding hydrogens is 290 g/mol. The van der Waals surface area contributed by atoms with Gasteiger partial charge in [0.05, 0.1) is 31.1 Å². The monoisotopic (exact) mass is 303 g/mol. The van der Waals surface area contributed by atoms with Crippen LogP contribution in [0.1, 0.15) is 18.4 Å². The summed E-state index contributed by atoms with van der Waals surface area (Å²) in [5, 5.41) is 8.84. The topological polar surface area (TPSA) is 76.4 Å². The highest BCUT2D eigenvalue weighted by Gasteiger charge is 2.05. The van der Waals surface area contributed by atoms with E-state index >= 15 is 0 Å². The zero-order chi connectivity index (χ0) is 14.3. The fourth-order valence-electron chi connectivity index (χ4n) is 1.40. The molecule has 0 fully saturated rings. The van der Waals surface area contributed by atoms with Gasteiger partial charge in [-0.05, 0) is 25.0 Å². The van der Waals surface area contributed by atoms with Crippen molar-refractivity contribution in [3.63, 3.8) is 0 Å². The predicted molar refractivity (Wildman–Crippen MR) is 72.1 cm³/mol. The Morgan fingerprint density at radius 2 is 1.95 bits per heavy atom. The maximum absolute atomic E-state index is 10.7. The van der Waals surface area contributed by atoms with E-state index in [1.807, 2.05) is 6.07 Å². The lowest BCUT2D eigenvalue weighted by Crippen LogP contribution is -2.02. The first kappa shape index (κ1) is 15.6. The Labute approximate surface area is 117 Å². The molecule has 0 saturated heterocycles. The van der Waals surface area contributed by atoms with E-state index in [1.54, 1.807) is 18.2 Å². The van der Waals surface area contributed by atoms with Gasteiger partial charge in [-0.2, -0.15) is 5.26 Å². The van der Waals surface area contributed by atoms with Crippen molar-refractivity contribution < 1.29 is 17.9 Å². The number of hydrogen-bond acceptors (Lipinski definition) is 5. The van der Waals surface area contributed by atoms with Crippen LogP contribution >= 0.6 is 10.7 Å². The highest BCUT2D eigenvalue weighted by Crippen LogP contribution is 2.22. The summed E-state index contributed by atoms with van der Waals surface area (Å²) in [5.74, 6) is 0.987. The minimum Gasteiger partial charge on any atom is -0.497 e. The van der Waals surface area contributed by atoms with Crippen molar-refractivity contribution in [1.82, 2.24) is 0 Å². The highest BCUT2D eigenvalue weighted by atomic mass is 35.7. The summed E-state index contributed by atoms with van der Waals surface area (Å²) in [6.07, 6.45) is 0.992. The van der Waals surface area contributed by atoms with E-state index in [9.17, 15) is 8.42 Å². The molecule has 1 rings (SSSR count). The fourth-order valence-corrected chi connectivity index (χ4v) is 2.28. The molecule has 0 aliphatic carbocycles. The van der Waals surface area contributed by atoms with Gasteiger partial charge in [0.25, 0.3) is 0 Å². The third-order valence-electron chi connectivity index (χ3n) is 2.30. The van der Waals surface area contributed by atoms with Gasteiger partial charge in [-0.25, -0.2) is 8.42 Å². The Hall–Kier alpha value is -1.45. The van der Waals surface area contributed by atoms with Gasteiger partial charge in [0.15, 0.2) is 0 Å². The molecule has 0 amide bonds. The van der Waals surface area contributed by atoms with Gasteiger partial charge < -0.3 is 9.47 Å². The molecule has 0 aliphatic heterocycles. The van der Waals surface area contributed by atoms with Gasteiger partial charge in [0.1, 0.15) is 11.5 Å². The van der Waals surface area contributed by atoms with E-state index in [1.165, 1.54) is 7.11 Å². The Bertz CT molecular complexity index is 566. The fraction of sp³-hybridized carbons (Fsp3) is 0.417. The van der Waals surface area contributed by atoms with Gasteiger partial charge in [0, 0.05) is 16.7 Å². The van der Waals surface area contributed by atoms with Gasteiger partial charge in [-0.15, -0.1) is 0 Å². The molecule has 0 bridgehead atoms. The number of benzene rings is 1. The van der Waals surface area contributed by atoms with Crippen molar-refractivity contribution in [3.8, 4) is 17.6 Å². The maximum Gasteiger partial charge on any atom is 0.232 e. The molecule has 0 N–H and O–H groups in total. The van der Waals surface area contributed by atoms with Crippen molar-refractivity contribution >= 4 is 19.7 Å². The lowest BCUT2D eigenvalue weighted by molar-refractivity contribution is 0.307. The second-order valence-electron chi connectivity index (χ2n) is 3.81. The van der Waals surface area contributed by atoms with Crippen LogP contribution in [0.3, 0.4) is 0 Å². The van der Waals surface area contributed by atoms with Crippen LogP contribution in [-0.4, -0.2) is 27.9 Å². The Morgan fingerprint density at radius 3 is 2.53 bits per heavy atom. The third kappa shape index (κ3) is 6.32. The summed E-state index contributed by atoms with van der Waals surface area (Å²) in [4.78, 5) is 0. The quantitative estimate of drug-likeness (QED) is 0.570. The SMILES string of the molecule is COc1cc(C#N)cc(OCCCCS(=O)(=O)Cl)c1. The zero-order valence-electron chi connectivity index (χ0n) is 10.4. The molecule has 5 nitrogen and oxygen atoms in total. The Morgan fingerprint density at radius 1 is 1.26 bits per heavy atom. The summed E-state index contributed by atoms with van der Waals surface area (Å²) >= 11 is 0. The van der Waals surface area contributed by atoms with Gasteiger partial charge in [-0.1, -0.05) is 0 Å². The van der Waals surface area contributed by atoms with Crippen LogP contribution in [0, 0.1) is 11.3 Å². The van der Waals surface area contributed by atoms with Crippen LogP contribution in [-0.2, 0) is 9.05 Å². The lowest BCUT2D eigenvalue weighted by Gasteiger charge is -2.08. The molecular formula is C12H14ClNO4S. The van der Waals surface area contributed by atoms with Crippen LogP contribution in [0.15, 0.2) is 18.2 Å². The zero-order valence-corrected chi connectivity index (χ0v) is 12.0. The number of hydrogen-bond donors (Lipinski definition) is 0. The molecule has 0 radical (unpaired) electrons. The Balaban J connectivity index is 2.47. The summed E-state index contributed by atoms with van der Waals surface area (Å²) in [6.45, 7) is 0.352. The average molecular weight is 304 g/mol. The number of nitrogens with zero attached hydrogens (tertiary/aromatic N) is 1. The molecule has 104 valence electrons. The van der Waals surface area contributed by atoms with Crippen molar-refractivity contribution in [2.24, 2.45) is 0 Å². The number of methoxy groups -OCH3 is 1. The largest absolute Gasteiger partial charge is 0.497 e. The third-order valence-corrected chi connectivity index (χ3v) is 3.54. The molecule has 1 aromatic carbocycles. The van der Waals surface area contributed by atoms with Crippen LogP contribution in [0.5, 0.6) is 11.5 Å². The van der Waals surface area contributed by atoms with Gasteiger partial charge in [-0.3, -0.25) is 0 Å². The second kappa shape index (κ2) is 7.22. The number of halogens is 1. The lowest BCUT2D eigenvalue weighted by atomic mass is 10.2. The van der Waals surface area contributed by atoms with Crippen molar-refractivity contribution in [1.29, 1.82) is 5.26 Å². The van der Waals surface area contributed by atoms with Crippen LogP contribution in [0.4, 0.5) is 0 Å². The molecule has 1 aromatic rings. The number of ether oxygens (including phenoxy) is 2. The van der Waals surface area contributed by atoms with Crippen LogP contribution < -0.4 is 9.47 Å². The molecule has 0 aromatic heterocycles. The first-order chi connectivity index (χ1) is 8.94. The number of rotatable bonds is 7. The average Bonchev–Trinajstić information content (AvgIpc) is 2.36. The first-order valence-electron chi connectivity index (χ1n) is 5.59. The summed E-state index contributed by atoms with van der Waals surface area (Å²) < 4.78 is 31.9. The summed E-state index contributed by atoms with van der Waals surface area (Å²) in [6, 6.07) is 6.87. The van der Waals surface area contributed by atoms with E-state index < -0.39 is 9.05 Å². The van der Waals surface area contributed by atoms with Crippen LogP contribution in [0.2, 0.25) is 0 Å². The van der Waals surface area contributed by atoms with E-state index in [0.717, 1.165) is 0 Å². The van der Waals surface area contributed by atoms with Crippen LogP contribution in [0.25, 0.3) is 0 Å². The molecule has 7 heteroatoms. The molecule has 0 atom stereocenters. The highest BCUT2D eigenvalue weighted by molar-refractivity contribution is 8.13. The summed E-state index contributed by atoms with van der Waals surface area (Å²) in [7, 11) is 3.16. The smallest absolute Gasteiger partial charge is 0.232 e. The van der Waals surface area contributed by atoms with E-state index in [-0.39, 0.29) is 5.75 Å². The first-order valence-corrected chi connectivity index (χ1v) is 8.07. The van der Waals surface area contributed by atoms with E-state index in [2.05, 4.69) is 0 Å². The maximum atomic E-state index is 10.7. The molecule has 0 heterocycles. The molecule has 19 heavy (non-hydrogen) atoms. The van der Waals surface area contributed by atoms with Gasteiger partial charge in [0.2, 0.25) is 9.05 Å². The molecule has 0 saturated carbocycles. The van der Waals surface area contributed by atoms with E-state index in [0.29, 0.717) is 36.5 Å². The molecule has 0 unspecified atom stereocenters. The second-order valence-corrected chi connectivity index (χ2v) is 6.70. The Kier molecular flexibility index (Phi) is 5.93.